The van der Waals surface area contributed by atoms with Gasteiger partial charge in [-0.2, -0.15) is 0 Å². The number of hydrogen-bond acceptors (Lipinski definition) is 3. The number of aliphatic carboxylic acids is 1. The molecule has 5 nitrogen and oxygen atoms in total. The largest absolute Gasteiger partial charge is 0.480 e. The Morgan fingerprint density at radius 1 is 1.60 bits per heavy atom. The standard InChI is InChI=1S/C9H9ClN2O3/c1-5(9(14)15)12-8(13)6-3-2-4-11-7(6)10/h2-5H,1H3,(H,12,13)(H,14,15)/t5-/m0/s1. The Morgan fingerprint density at radius 2 is 2.27 bits per heavy atom. The maximum absolute atomic E-state index is 11.5. The van der Waals surface area contributed by atoms with Crippen molar-refractivity contribution in [3.8, 4) is 0 Å². The minimum atomic E-state index is -1.11. The number of carboxylic acid groups (broad SMARTS) is 1. The Morgan fingerprint density at radius 3 is 2.80 bits per heavy atom. The van der Waals surface area contributed by atoms with Crippen molar-refractivity contribution >= 4 is 23.5 Å². The van der Waals surface area contributed by atoms with E-state index in [4.69, 9.17) is 16.7 Å². The quantitative estimate of drug-likeness (QED) is 0.755. The number of rotatable bonds is 3. The summed E-state index contributed by atoms with van der Waals surface area (Å²) in [6, 6.07) is 2.06. The molecule has 0 unspecified atom stereocenters. The van der Waals surface area contributed by atoms with E-state index in [9.17, 15) is 9.59 Å². The third-order valence-corrected chi connectivity index (χ3v) is 2.02. The van der Waals surface area contributed by atoms with Gasteiger partial charge in [0.2, 0.25) is 0 Å². The molecule has 1 aromatic rings. The number of aromatic nitrogens is 1. The maximum atomic E-state index is 11.5. The van der Waals surface area contributed by atoms with E-state index in [1.54, 1.807) is 6.07 Å². The molecular weight excluding hydrogens is 220 g/mol. The molecule has 1 amide bonds. The summed E-state index contributed by atoms with van der Waals surface area (Å²) in [6.07, 6.45) is 1.44. The maximum Gasteiger partial charge on any atom is 0.325 e. The van der Waals surface area contributed by atoms with Crippen LogP contribution < -0.4 is 5.32 Å². The Kier molecular flexibility index (Phi) is 3.62. The highest BCUT2D eigenvalue weighted by Crippen LogP contribution is 2.11. The zero-order valence-corrected chi connectivity index (χ0v) is 8.65. The van der Waals surface area contributed by atoms with E-state index in [0.29, 0.717) is 0 Å². The summed E-state index contributed by atoms with van der Waals surface area (Å²) < 4.78 is 0. The van der Waals surface area contributed by atoms with Crippen molar-refractivity contribution in [1.29, 1.82) is 0 Å². The second kappa shape index (κ2) is 4.75. The van der Waals surface area contributed by atoms with Crippen LogP contribution >= 0.6 is 11.6 Å². The monoisotopic (exact) mass is 228 g/mol. The van der Waals surface area contributed by atoms with Gasteiger partial charge in [0.15, 0.2) is 0 Å². The van der Waals surface area contributed by atoms with E-state index in [1.165, 1.54) is 19.2 Å². The number of nitrogens with one attached hydrogen (secondary N) is 1. The van der Waals surface area contributed by atoms with Crippen LogP contribution in [0.5, 0.6) is 0 Å². The molecule has 6 heteroatoms. The van der Waals surface area contributed by atoms with Gasteiger partial charge in [-0.3, -0.25) is 9.59 Å². The third-order valence-electron chi connectivity index (χ3n) is 1.72. The van der Waals surface area contributed by atoms with Crippen molar-refractivity contribution in [2.45, 2.75) is 13.0 Å². The van der Waals surface area contributed by atoms with Crippen LogP contribution in [-0.4, -0.2) is 28.0 Å². The zero-order valence-electron chi connectivity index (χ0n) is 7.90. The Balaban J connectivity index is 2.78. The van der Waals surface area contributed by atoms with Crippen molar-refractivity contribution in [3.05, 3.63) is 29.0 Å². The smallest absolute Gasteiger partial charge is 0.325 e. The lowest BCUT2D eigenvalue weighted by atomic mass is 10.2. The molecule has 0 spiro atoms. The molecular formula is C9H9ClN2O3. The van der Waals surface area contributed by atoms with E-state index in [0.717, 1.165) is 0 Å². The molecule has 1 heterocycles. The van der Waals surface area contributed by atoms with Gasteiger partial charge in [0.1, 0.15) is 11.2 Å². The van der Waals surface area contributed by atoms with Crippen LogP contribution in [-0.2, 0) is 4.79 Å². The van der Waals surface area contributed by atoms with Gasteiger partial charge in [-0.1, -0.05) is 11.6 Å². The summed E-state index contributed by atoms with van der Waals surface area (Å²) in [6.45, 7) is 1.37. The van der Waals surface area contributed by atoms with Gasteiger partial charge in [-0.05, 0) is 19.1 Å². The normalized spacial score (nSPS) is 11.9. The fraction of sp³-hybridized carbons (Fsp3) is 0.222. The minimum Gasteiger partial charge on any atom is -0.480 e. The summed E-state index contributed by atoms with van der Waals surface area (Å²) >= 11 is 5.66. The van der Waals surface area contributed by atoms with E-state index in [-0.39, 0.29) is 10.7 Å². The molecule has 80 valence electrons. The lowest BCUT2D eigenvalue weighted by Gasteiger charge is -2.09. The Bertz CT molecular complexity index is 395. The first-order valence-corrected chi connectivity index (χ1v) is 4.54. The summed E-state index contributed by atoms with van der Waals surface area (Å²) in [5.41, 5.74) is 0.160. The predicted molar refractivity (Wildman–Crippen MR) is 53.8 cm³/mol. The van der Waals surface area contributed by atoms with Crippen LogP contribution in [0, 0.1) is 0 Å². The number of amides is 1. The molecule has 0 bridgehead atoms. The molecule has 0 aromatic carbocycles. The lowest BCUT2D eigenvalue weighted by Crippen LogP contribution is -2.38. The van der Waals surface area contributed by atoms with E-state index < -0.39 is 17.9 Å². The third kappa shape index (κ3) is 2.92. The number of carboxylic acids is 1. The van der Waals surface area contributed by atoms with Crippen molar-refractivity contribution in [3.63, 3.8) is 0 Å². The van der Waals surface area contributed by atoms with Crippen molar-refractivity contribution < 1.29 is 14.7 Å². The zero-order chi connectivity index (χ0) is 11.4. The molecule has 0 fully saturated rings. The molecule has 0 saturated heterocycles. The van der Waals surface area contributed by atoms with Crippen molar-refractivity contribution in [2.24, 2.45) is 0 Å². The van der Waals surface area contributed by atoms with Gasteiger partial charge in [-0.25, -0.2) is 4.98 Å². The van der Waals surface area contributed by atoms with E-state index in [1.807, 2.05) is 0 Å². The first-order valence-electron chi connectivity index (χ1n) is 4.16. The van der Waals surface area contributed by atoms with Gasteiger partial charge >= 0.3 is 5.97 Å². The number of nitrogens with zero attached hydrogens (tertiary/aromatic N) is 1. The average molecular weight is 229 g/mol. The summed E-state index contributed by atoms with van der Waals surface area (Å²) in [5, 5.41) is 10.9. The number of carbonyl (C=O) groups is 2. The van der Waals surface area contributed by atoms with Gasteiger partial charge in [0, 0.05) is 6.20 Å². The molecule has 2 N–H and O–H groups in total. The fourth-order valence-electron chi connectivity index (χ4n) is 0.892. The highest BCUT2D eigenvalue weighted by atomic mass is 35.5. The SMILES string of the molecule is C[C@H](NC(=O)c1cccnc1Cl)C(=O)O. The highest BCUT2D eigenvalue weighted by Gasteiger charge is 2.17. The number of carbonyl (C=O) groups excluding carboxylic acids is 1. The molecule has 0 saturated carbocycles. The van der Waals surface area contributed by atoms with Crippen LogP contribution in [0.2, 0.25) is 5.15 Å². The second-order valence-corrected chi connectivity index (χ2v) is 3.23. The first-order chi connectivity index (χ1) is 7.02. The molecule has 1 rings (SSSR count). The molecule has 0 radical (unpaired) electrons. The Hall–Kier alpha value is -1.62. The summed E-state index contributed by atoms with van der Waals surface area (Å²) in [7, 11) is 0. The Labute approximate surface area is 91.1 Å². The van der Waals surface area contributed by atoms with Crippen molar-refractivity contribution in [1.82, 2.24) is 10.3 Å². The number of hydrogen-bond donors (Lipinski definition) is 2. The van der Waals surface area contributed by atoms with Gasteiger partial charge in [-0.15, -0.1) is 0 Å². The van der Waals surface area contributed by atoms with Crippen LogP contribution in [0.25, 0.3) is 0 Å². The summed E-state index contributed by atoms with van der Waals surface area (Å²) in [5.74, 6) is -1.66. The average Bonchev–Trinajstić information content (AvgIpc) is 2.18. The molecule has 0 aliphatic heterocycles. The van der Waals surface area contributed by atoms with Crippen LogP contribution in [0.1, 0.15) is 17.3 Å². The van der Waals surface area contributed by atoms with Crippen LogP contribution in [0.15, 0.2) is 18.3 Å². The van der Waals surface area contributed by atoms with E-state index >= 15 is 0 Å². The first kappa shape index (κ1) is 11.5. The topological polar surface area (TPSA) is 79.3 Å². The number of pyridine rings is 1. The molecule has 1 aromatic heterocycles. The second-order valence-electron chi connectivity index (χ2n) is 2.88. The van der Waals surface area contributed by atoms with Gasteiger partial charge in [0.05, 0.1) is 5.56 Å². The van der Waals surface area contributed by atoms with Crippen LogP contribution in [0.4, 0.5) is 0 Å². The molecule has 0 aliphatic carbocycles. The lowest BCUT2D eigenvalue weighted by molar-refractivity contribution is -0.138. The van der Waals surface area contributed by atoms with Gasteiger partial charge < -0.3 is 10.4 Å². The van der Waals surface area contributed by atoms with E-state index in [2.05, 4.69) is 10.3 Å². The number of halogens is 1. The fourth-order valence-corrected chi connectivity index (χ4v) is 1.10. The predicted octanol–water partition coefficient (Wildman–Crippen LogP) is 0.938. The molecule has 15 heavy (non-hydrogen) atoms. The minimum absolute atomic E-state index is 0.0487. The molecule has 1 atom stereocenters. The van der Waals surface area contributed by atoms with Crippen LogP contribution in [0.3, 0.4) is 0 Å². The molecule has 0 aliphatic rings. The highest BCUT2D eigenvalue weighted by molar-refractivity contribution is 6.32. The van der Waals surface area contributed by atoms with Gasteiger partial charge in [0.25, 0.3) is 5.91 Å². The summed E-state index contributed by atoms with van der Waals surface area (Å²) in [4.78, 5) is 25.7. The van der Waals surface area contributed by atoms with Crippen molar-refractivity contribution in [2.75, 3.05) is 0 Å².